The van der Waals surface area contributed by atoms with Crippen molar-refractivity contribution in [2.24, 2.45) is 11.8 Å². The van der Waals surface area contributed by atoms with Crippen molar-refractivity contribution in [2.45, 2.75) is 58.5 Å². The van der Waals surface area contributed by atoms with Crippen molar-refractivity contribution in [3.05, 3.63) is 11.1 Å². The average molecular weight is 293 g/mol. The largest absolute Gasteiger partial charge is 0.345 e. The predicted molar refractivity (Wildman–Crippen MR) is 86.4 cm³/mol. The molecule has 0 radical (unpaired) electrons. The van der Waals surface area contributed by atoms with Crippen molar-refractivity contribution in [1.82, 2.24) is 10.3 Å². The Labute approximate surface area is 126 Å². The van der Waals surface area contributed by atoms with Gasteiger partial charge in [-0.15, -0.1) is 11.3 Å². The number of piperidine rings is 1. The number of anilines is 1. The first-order chi connectivity index (χ1) is 9.74. The molecule has 2 atom stereocenters. The molecule has 3 nitrogen and oxygen atoms in total. The number of nitrogens with one attached hydrogen (secondary N) is 1. The van der Waals surface area contributed by atoms with Crippen LogP contribution in [-0.2, 0) is 6.54 Å². The van der Waals surface area contributed by atoms with Gasteiger partial charge in [-0.3, -0.25) is 0 Å². The summed E-state index contributed by atoms with van der Waals surface area (Å²) in [7, 11) is 0. The predicted octanol–water partition coefficient (Wildman–Crippen LogP) is 3.66. The number of thiazole rings is 1. The number of rotatable bonds is 5. The van der Waals surface area contributed by atoms with Crippen molar-refractivity contribution < 1.29 is 0 Å². The maximum atomic E-state index is 4.87. The van der Waals surface area contributed by atoms with Gasteiger partial charge in [0, 0.05) is 24.5 Å². The fraction of sp³-hybridized carbons (Fsp3) is 0.812. The van der Waals surface area contributed by atoms with Gasteiger partial charge in [-0.25, -0.2) is 4.98 Å². The smallest absolute Gasteiger partial charge is 0.185 e. The molecule has 20 heavy (non-hydrogen) atoms. The zero-order chi connectivity index (χ0) is 13.9. The highest BCUT2D eigenvalue weighted by Crippen LogP contribution is 2.39. The molecule has 0 aromatic carbocycles. The third-order valence-corrected chi connectivity index (χ3v) is 5.56. The van der Waals surface area contributed by atoms with E-state index in [9.17, 15) is 0 Å². The van der Waals surface area contributed by atoms with E-state index in [1.54, 1.807) is 0 Å². The monoisotopic (exact) mass is 293 g/mol. The van der Waals surface area contributed by atoms with E-state index in [-0.39, 0.29) is 0 Å². The molecule has 3 rings (SSSR count). The summed E-state index contributed by atoms with van der Waals surface area (Å²) >= 11 is 1.84. The highest BCUT2D eigenvalue weighted by Gasteiger charge is 2.36. The van der Waals surface area contributed by atoms with E-state index in [1.807, 2.05) is 11.3 Å². The molecule has 4 heteroatoms. The quantitative estimate of drug-likeness (QED) is 0.898. The summed E-state index contributed by atoms with van der Waals surface area (Å²) in [5.41, 5.74) is 1.21. The van der Waals surface area contributed by atoms with E-state index in [4.69, 9.17) is 4.98 Å². The Bertz CT molecular complexity index is 429. The number of hydrogen-bond donors (Lipinski definition) is 1. The van der Waals surface area contributed by atoms with Crippen LogP contribution in [0.25, 0.3) is 0 Å². The summed E-state index contributed by atoms with van der Waals surface area (Å²) in [6, 6.07) is 0.784. The van der Waals surface area contributed by atoms with E-state index >= 15 is 0 Å². The zero-order valence-electron chi connectivity index (χ0n) is 12.8. The summed E-state index contributed by atoms with van der Waals surface area (Å²) in [5.74, 6) is 1.64. The minimum Gasteiger partial charge on any atom is -0.345 e. The van der Waals surface area contributed by atoms with Crippen molar-refractivity contribution >= 4 is 16.5 Å². The summed E-state index contributed by atoms with van der Waals surface area (Å²) in [6.45, 7) is 7.69. The van der Waals surface area contributed by atoms with Crippen LogP contribution in [0.3, 0.4) is 0 Å². The lowest BCUT2D eigenvalue weighted by molar-refractivity contribution is 0.362. The minimum atomic E-state index is 0.703. The van der Waals surface area contributed by atoms with Crippen LogP contribution in [0.2, 0.25) is 0 Å². The molecule has 1 aliphatic carbocycles. The first-order valence-electron chi connectivity index (χ1n) is 8.16. The lowest BCUT2D eigenvalue weighted by atomic mass is 9.92. The molecule has 0 amide bonds. The Hall–Kier alpha value is -0.610. The fourth-order valence-corrected chi connectivity index (χ4v) is 4.60. The summed E-state index contributed by atoms with van der Waals surface area (Å²) < 4.78 is 0. The normalized spacial score (nSPS) is 26.2. The highest BCUT2D eigenvalue weighted by atomic mass is 32.1. The molecule has 1 saturated carbocycles. The molecule has 1 N–H and O–H groups in total. The Balaban J connectivity index is 1.61. The molecule has 0 spiro atoms. The maximum Gasteiger partial charge on any atom is 0.185 e. The number of fused-ring (bicyclic) bond motifs is 1. The van der Waals surface area contributed by atoms with E-state index in [1.165, 1.54) is 49.5 Å². The van der Waals surface area contributed by atoms with Gasteiger partial charge in [-0.1, -0.05) is 20.3 Å². The third kappa shape index (κ3) is 3.17. The van der Waals surface area contributed by atoms with Crippen LogP contribution >= 0.6 is 11.3 Å². The summed E-state index contributed by atoms with van der Waals surface area (Å²) in [4.78, 5) is 7.48. The molecular formula is C16H27N3S. The Kier molecular flexibility index (Phi) is 4.61. The second-order valence-electron chi connectivity index (χ2n) is 6.74. The van der Waals surface area contributed by atoms with Crippen LogP contribution in [0, 0.1) is 11.8 Å². The average Bonchev–Trinajstić information content (AvgIpc) is 3.06. The molecule has 2 unspecified atom stereocenters. The second kappa shape index (κ2) is 6.44. The van der Waals surface area contributed by atoms with E-state index in [0.29, 0.717) is 5.92 Å². The van der Waals surface area contributed by atoms with E-state index in [2.05, 4.69) is 29.4 Å². The Morgan fingerprint density at radius 1 is 1.35 bits per heavy atom. The molecule has 1 saturated heterocycles. The fourth-order valence-electron chi connectivity index (χ4n) is 3.69. The van der Waals surface area contributed by atoms with Gasteiger partial charge in [0.25, 0.3) is 0 Å². The second-order valence-corrected chi connectivity index (χ2v) is 7.58. The van der Waals surface area contributed by atoms with Crippen LogP contribution in [0.1, 0.15) is 51.6 Å². The number of hydrogen-bond acceptors (Lipinski definition) is 4. The highest BCUT2D eigenvalue weighted by molar-refractivity contribution is 7.13. The molecule has 112 valence electrons. The molecule has 2 fully saturated rings. The maximum absolute atomic E-state index is 4.87. The molecule has 0 bridgehead atoms. The summed E-state index contributed by atoms with van der Waals surface area (Å²) in [5, 5.41) is 6.99. The van der Waals surface area contributed by atoms with Gasteiger partial charge >= 0.3 is 0 Å². The van der Waals surface area contributed by atoms with Crippen molar-refractivity contribution in [2.75, 3.05) is 18.0 Å². The summed E-state index contributed by atoms with van der Waals surface area (Å²) in [6.07, 6.45) is 7.03. The molecule has 1 aliphatic heterocycles. The van der Waals surface area contributed by atoms with E-state index in [0.717, 1.165) is 25.0 Å². The third-order valence-electron chi connectivity index (χ3n) is 4.64. The molecule has 1 aromatic heterocycles. The lowest BCUT2D eigenvalue weighted by Crippen LogP contribution is -2.42. The van der Waals surface area contributed by atoms with Crippen molar-refractivity contribution in [3.63, 3.8) is 0 Å². The standard InChI is InChI=1S/C16H27N3S/c1-12(2)9-17-10-14-11-20-16(18-14)19-8-4-6-13-5-3-7-15(13)19/h11-13,15,17H,3-10H2,1-2H3. The van der Waals surface area contributed by atoms with Gasteiger partial charge in [-0.2, -0.15) is 0 Å². The van der Waals surface area contributed by atoms with Crippen LogP contribution in [-0.4, -0.2) is 24.1 Å². The molecule has 2 aliphatic rings. The van der Waals surface area contributed by atoms with Crippen molar-refractivity contribution in [1.29, 1.82) is 0 Å². The zero-order valence-corrected chi connectivity index (χ0v) is 13.6. The first-order valence-corrected chi connectivity index (χ1v) is 9.04. The number of nitrogens with zero attached hydrogens (tertiary/aromatic N) is 2. The van der Waals surface area contributed by atoms with Gasteiger partial charge < -0.3 is 10.2 Å². The molecule has 1 aromatic rings. The van der Waals surface area contributed by atoms with Crippen LogP contribution in [0.4, 0.5) is 5.13 Å². The SMILES string of the molecule is CC(C)CNCc1csc(N2CCCC3CCCC32)n1. The lowest BCUT2D eigenvalue weighted by Gasteiger charge is -2.37. The van der Waals surface area contributed by atoms with Gasteiger partial charge in [0.1, 0.15) is 0 Å². The molecular weight excluding hydrogens is 266 g/mol. The van der Waals surface area contributed by atoms with Gasteiger partial charge in [0.05, 0.1) is 5.69 Å². The van der Waals surface area contributed by atoms with E-state index < -0.39 is 0 Å². The van der Waals surface area contributed by atoms with Crippen LogP contribution in [0.15, 0.2) is 5.38 Å². The first kappa shape index (κ1) is 14.3. The van der Waals surface area contributed by atoms with Crippen LogP contribution < -0.4 is 10.2 Å². The Morgan fingerprint density at radius 3 is 3.05 bits per heavy atom. The molecule has 2 heterocycles. The Morgan fingerprint density at radius 2 is 2.20 bits per heavy atom. The van der Waals surface area contributed by atoms with Gasteiger partial charge in [-0.05, 0) is 44.1 Å². The van der Waals surface area contributed by atoms with Gasteiger partial charge in [0.15, 0.2) is 5.13 Å². The topological polar surface area (TPSA) is 28.2 Å². The number of aromatic nitrogens is 1. The van der Waals surface area contributed by atoms with Gasteiger partial charge in [0.2, 0.25) is 0 Å². The minimum absolute atomic E-state index is 0.703. The van der Waals surface area contributed by atoms with Crippen LogP contribution in [0.5, 0.6) is 0 Å². The van der Waals surface area contributed by atoms with Crippen molar-refractivity contribution in [3.8, 4) is 0 Å².